The van der Waals surface area contributed by atoms with Crippen molar-refractivity contribution in [1.82, 2.24) is 4.90 Å². The maximum absolute atomic E-state index is 13.4. The van der Waals surface area contributed by atoms with E-state index in [1.807, 2.05) is 25.1 Å². The Morgan fingerprint density at radius 3 is 2.52 bits per heavy atom. The van der Waals surface area contributed by atoms with Crippen molar-refractivity contribution in [2.24, 2.45) is 0 Å². The monoisotopic (exact) mass is 391 g/mol. The van der Waals surface area contributed by atoms with Crippen LogP contribution in [0.25, 0.3) is 0 Å². The van der Waals surface area contributed by atoms with Crippen molar-refractivity contribution < 1.29 is 18.3 Å². The number of halogens is 2. The zero-order valence-corrected chi connectivity index (χ0v) is 16.0. The van der Waals surface area contributed by atoms with Gasteiger partial charge in [-0.25, -0.2) is 8.78 Å². The highest BCUT2D eigenvalue weighted by molar-refractivity contribution is 7.80. The summed E-state index contributed by atoms with van der Waals surface area (Å²) in [6, 6.07) is 9.04. The standard InChI is InChI=1S/C19H19F2N3O2S/c1-22(2)16-7-5-13(9-17(16)26-3)24-18(25)11-23(19(24)27)10-12-4-6-14(20)15(21)8-12/h4-9H,10-11H2,1-3H3. The Morgan fingerprint density at radius 1 is 1.15 bits per heavy atom. The quantitative estimate of drug-likeness (QED) is 0.732. The lowest BCUT2D eigenvalue weighted by molar-refractivity contribution is -0.116. The fraction of sp³-hybridized carbons (Fsp3) is 0.263. The third-order valence-corrected chi connectivity index (χ3v) is 4.74. The van der Waals surface area contributed by atoms with Gasteiger partial charge in [0.05, 0.1) is 18.5 Å². The second-order valence-electron chi connectivity index (χ2n) is 6.37. The molecule has 8 heteroatoms. The predicted molar refractivity (Wildman–Crippen MR) is 104 cm³/mol. The molecule has 27 heavy (non-hydrogen) atoms. The molecule has 1 saturated heterocycles. The Morgan fingerprint density at radius 2 is 1.89 bits per heavy atom. The summed E-state index contributed by atoms with van der Waals surface area (Å²) in [4.78, 5) is 17.5. The van der Waals surface area contributed by atoms with E-state index < -0.39 is 11.6 Å². The van der Waals surface area contributed by atoms with Gasteiger partial charge in [0, 0.05) is 26.7 Å². The van der Waals surface area contributed by atoms with Gasteiger partial charge >= 0.3 is 0 Å². The molecule has 1 heterocycles. The summed E-state index contributed by atoms with van der Waals surface area (Å²) in [5.74, 6) is -1.41. The second-order valence-corrected chi connectivity index (χ2v) is 6.73. The lowest BCUT2D eigenvalue weighted by atomic mass is 10.2. The number of methoxy groups -OCH3 is 1. The minimum atomic E-state index is -0.926. The molecule has 3 rings (SSSR count). The van der Waals surface area contributed by atoms with E-state index in [0.29, 0.717) is 22.1 Å². The molecule has 2 aromatic carbocycles. The van der Waals surface area contributed by atoms with Gasteiger partial charge < -0.3 is 14.5 Å². The van der Waals surface area contributed by atoms with Gasteiger partial charge in [-0.05, 0) is 42.0 Å². The summed E-state index contributed by atoms with van der Waals surface area (Å²) in [5, 5.41) is 0.310. The smallest absolute Gasteiger partial charge is 0.252 e. The number of carbonyl (C=O) groups is 1. The molecule has 0 radical (unpaired) electrons. The zero-order valence-electron chi connectivity index (χ0n) is 15.2. The second kappa shape index (κ2) is 7.48. The van der Waals surface area contributed by atoms with Crippen LogP contribution in [0.1, 0.15) is 5.56 Å². The minimum absolute atomic E-state index is 0.0651. The van der Waals surface area contributed by atoms with Crippen molar-refractivity contribution in [3.8, 4) is 5.75 Å². The van der Waals surface area contributed by atoms with Crippen LogP contribution in [-0.2, 0) is 11.3 Å². The molecule has 1 amide bonds. The first kappa shape index (κ1) is 19.0. The van der Waals surface area contributed by atoms with Gasteiger partial charge in [0.2, 0.25) is 0 Å². The maximum atomic E-state index is 13.4. The molecule has 2 aromatic rings. The Kier molecular flexibility index (Phi) is 5.27. The summed E-state index contributed by atoms with van der Waals surface area (Å²) >= 11 is 5.45. The average Bonchev–Trinajstić information content (AvgIpc) is 2.91. The molecule has 5 nitrogen and oxygen atoms in total. The Hall–Kier alpha value is -2.74. The molecule has 0 aromatic heterocycles. The molecule has 0 N–H and O–H groups in total. The van der Waals surface area contributed by atoms with E-state index in [4.69, 9.17) is 17.0 Å². The van der Waals surface area contributed by atoms with Gasteiger partial charge in [-0.3, -0.25) is 9.69 Å². The number of carbonyl (C=O) groups excluding carboxylic acids is 1. The lowest BCUT2D eigenvalue weighted by Crippen LogP contribution is -2.32. The fourth-order valence-corrected chi connectivity index (χ4v) is 3.30. The number of amides is 1. The van der Waals surface area contributed by atoms with Gasteiger partial charge in [-0.2, -0.15) is 0 Å². The van der Waals surface area contributed by atoms with Crippen LogP contribution in [0, 0.1) is 11.6 Å². The molecular weight excluding hydrogens is 372 g/mol. The van der Waals surface area contributed by atoms with E-state index in [0.717, 1.165) is 17.8 Å². The highest BCUT2D eigenvalue weighted by Gasteiger charge is 2.34. The van der Waals surface area contributed by atoms with E-state index in [9.17, 15) is 13.6 Å². The average molecular weight is 391 g/mol. The number of rotatable bonds is 5. The number of nitrogens with zero attached hydrogens (tertiary/aromatic N) is 3. The van der Waals surface area contributed by atoms with Gasteiger partial charge in [-0.1, -0.05) is 6.07 Å². The fourth-order valence-electron chi connectivity index (χ4n) is 2.96. The molecule has 0 aliphatic carbocycles. The zero-order chi connectivity index (χ0) is 19.7. The number of hydrogen-bond donors (Lipinski definition) is 0. The normalized spacial score (nSPS) is 14.1. The lowest BCUT2D eigenvalue weighted by Gasteiger charge is -2.22. The molecule has 1 aliphatic heterocycles. The van der Waals surface area contributed by atoms with E-state index in [1.54, 1.807) is 24.1 Å². The highest BCUT2D eigenvalue weighted by Crippen LogP contribution is 2.33. The molecule has 0 bridgehead atoms. The van der Waals surface area contributed by atoms with Crippen molar-refractivity contribution in [3.63, 3.8) is 0 Å². The van der Waals surface area contributed by atoms with Crippen LogP contribution >= 0.6 is 12.2 Å². The third-order valence-electron chi connectivity index (χ3n) is 4.30. The molecule has 1 fully saturated rings. The van der Waals surface area contributed by atoms with Crippen LogP contribution in [0.2, 0.25) is 0 Å². The number of ether oxygens (including phenoxy) is 1. The van der Waals surface area contributed by atoms with E-state index in [2.05, 4.69) is 0 Å². The van der Waals surface area contributed by atoms with Gasteiger partial charge in [-0.15, -0.1) is 0 Å². The molecular formula is C19H19F2N3O2S. The largest absolute Gasteiger partial charge is 0.495 e. The summed E-state index contributed by atoms with van der Waals surface area (Å²) in [5.41, 5.74) is 2.00. The SMILES string of the molecule is COc1cc(N2C(=O)CN(Cc3ccc(F)c(F)c3)C2=S)ccc1N(C)C. The molecule has 0 spiro atoms. The Balaban J connectivity index is 1.84. The molecule has 0 saturated carbocycles. The van der Waals surface area contributed by atoms with E-state index in [-0.39, 0.29) is 19.0 Å². The van der Waals surface area contributed by atoms with Crippen LogP contribution in [0.5, 0.6) is 5.75 Å². The number of thiocarbonyl (C=S) groups is 1. The van der Waals surface area contributed by atoms with Crippen molar-refractivity contribution in [2.75, 3.05) is 37.5 Å². The number of hydrogen-bond acceptors (Lipinski definition) is 4. The van der Waals surface area contributed by atoms with E-state index >= 15 is 0 Å². The number of benzene rings is 2. The van der Waals surface area contributed by atoms with Crippen molar-refractivity contribution in [2.45, 2.75) is 6.54 Å². The Labute approximate surface area is 161 Å². The van der Waals surface area contributed by atoms with Crippen LogP contribution < -0.4 is 14.5 Å². The summed E-state index contributed by atoms with van der Waals surface area (Å²) in [6.07, 6.45) is 0. The minimum Gasteiger partial charge on any atom is -0.495 e. The summed E-state index contributed by atoms with van der Waals surface area (Å²) in [6.45, 7) is 0.279. The van der Waals surface area contributed by atoms with Gasteiger partial charge in [0.1, 0.15) is 12.3 Å². The van der Waals surface area contributed by atoms with Gasteiger partial charge in [0.25, 0.3) is 5.91 Å². The van der Waals surface area contributed by atoms with E-state index in [1.165, 1.54) is 11.0 Å². The van der Waals surface area contributed by atoms with Crippen LogP contribution in [0.3, 0.4) is 0 Å². The topological polar surface area (TPSA) is 36.0 Å². The molecule has 0 unspecified atom stereocenters. The maximum Gasteiger partial charge on any atom is 0.252 e. The van der Waals surface area contributed by atoms with Crippen LogP contribution in [0.4, 0.5) is 20.2 Å². The van der Waals surface area contributed by atoms with Crippen LogP contribution in [0.15, 0.2) is 36.4 Å². The first-order valence-corrected chi connectivity index (χ1v) is 8.63. The highest BCUT2D eigenvalue weighted by atomic mass is 32.1. The van der Waals surface area contributed by atoms with Gasteiger partial charge in [0.15, 0.2) is 16.7 Å². The van der Waals surface area contributed by atoms with Crippen molar-refractivity contribution in [1.29, 1.82) is 0 Å². The summed E-state index contributed by atoms with van der Waals surface area (Å²) < 4.78 is 31.9. The number of anilines is 2. The van der Waals surface area contributed by atoms with Crippen molar-refractivity contribution in [3.05, 3.63) is 53.6 Å². The first-order valence-electron chi connectivity index (χ1n) is 8.23. The molecule has 0 atom stereocenters. The summed E-state index contributed by atoms with van der Waals surface area (Å²) in [7, 11) is 5.35. The molecule has 1 aliphatic rings. The Bertz CT molecular complexity index is 905. The third kappa shape index (κ3) is 3.71. The predicted octanol–water partition coefficient (Wildman–Crippen LogP) is 3.17. The first-order chi connectivity index (χ1) is 12.8. The molecule has 142 valence electrons. The van der Waals surface area contributed by atoms with Crippen LogP contribution in [-0.4, -0.2) is 43.7 Å². The van der Waals surface area contributed by atoms with Crippen molar-refractivity contribution >= 4 is 34.6 Å².